The lowest BCUT2D eigenvalue weighted by atomic mass is 10.2. The highest BCUT2D eigenvalue weighted by Gasteiger charge is 2.26. The average Bonchev–Trinajstić information content (AvgIpc) is 2.65. The van der Waals surface area contributed by atoms with Gasteiger partial charge in [-0.1, -0.05) is 83.9 Å². The first-order chi connectivity index (χ1) is 12.5. The third-order valence-corrected chi connectivity index (χ3v) is 6.26. The Hall–Kier alpha value is -1.92. The smallest absolute Gasteiger partial charge is 0.242 e. The third kappa shape index (κ3) is 4.43. The predicted molar refractivity (Wildman–Crippen MR) is 104 cm³/mol. The lowest BCUT2D eigenvalue weighted by molar-refractivity contribution is 0.401. The van der Waals surface area contributed by atoms with Crippen molar-refractivity contribution in [2.24, 2.45) is 0 Å². The van der Waals surface area contributed by atoms with Crippen molar-refractivity contribution in [3.05, 3.63) is 94.2 Å². The van der Waals surface area contributed by atoms with E-state index in [1.54, 1.807) is 0 Å². The average molecular weight is 407 g/mol. The highest BCUT2D eigenvalue weighted by molar-refractivity contribution is 7.89. The molecule has 0 spiro atoms. The second kappa shape index (κ2) is 8.18. The lowest BCUT2D eigenvalue weighted by Gasteiger charge is -2.22. The van der Waals surface area contributed by atoms with Crippen molar-refractivity contribution in [2.45, 2.75) is 18.0 Å². The summed E-state index contributed by atoms with van der Waals surface area (Å²) in [4.78, 5) is 3.88. The zero-order chi connectivity index (χ0) is 18.6. The van der Waals surface area contributed by atoms with Gasteiger partial charge in [0, 0.05) is 19.3 Å². The lowest BCUT2D eigenvalue weighted by Crippen LogP contribution is -2.30. The van der Waals surface area contributed by atoms with Gasteiger partial charge in [-0.05, 0) is 17.2 Å². The molecule has 0 fully saturated rings. The maximum absolute atomic E-state index is 13.2. The Morgan fingerprint density at radius 3 is 1.81 bits per heavy atom. The number of halogens is 2. The molecule has 0 radical (unpaired) electrons. The van der Waals surface area contributed by atoms with Crippen LogP contribution in [0, 0.1) is 0 Å². The van der Waals surface area contributed by atoms with E-state index in [1.165, 1.54) is 16.6 Å². The summed E-state index contributed by atoms with van der Waals surface area (Å²) in [7, 11) is -3.81. The zero-order valence-corrected chi connectivity index (χ0v) is 16.0. The van der Waals surface area contributed by atoms with Crippen molar-refractivity contribution in [1.82, 2.24) is 9.29 Å². The molecule has 0 amide bonds. The fourth-order valence-electron chi connectivity index (χ4n) is 2.49. The second-order valence-electron chi connectivity index (χ2n) is 5.69. The van der Waals surface area contributed by atoms with Gasteiger partial charge in [-0.25, -0.2) is 13.4 Å². The molecule has 0 saturated heterocycles. The molecule has 0 aliphatic rings. The Morgan fingerprint density at radius 1 is 0.846 bits per heavy atom. The maximum atomic E-state index is 13.2. The molecule has 0 aliphatic heterocycles. The molecule has 1 heterocycles. The molecule has 134 valence electrons. The molecule has 0 N–H and O–H groups in total. The van der Waals surface area contributed by atoms with Gasteiger partial charge in [0.15, 0.2) is 0 Å². The fraction of sp³-hybridized carbons (Fsp3) is 0.105. The van der Waals surface area contributed by atoms with Crippen LogP contribution in [-0.2, 0) is 23.1 Å². The van der Waals surface area contributed by atoms with E-state index in [2.05, 4.69) is 4.98 Å². The summed E-state index contributed by atoms with van der Waals surface area (Å²) in [6.07, 6.45) is 1.23. The minimum atomic E-state index is -3.81. The first-order valence-electron chi connectivity index (χ1n) is 7.86. The van der Waals surface area contributed by atoms with Gasteiger partial charge in [-0.3, -0.25) is 0 Å². The van der Waals surface area contributed by atoms with Crippen LogP contribution in [0.2, 0.25) is 10.2 Å². The van der Waals surface area contributed by atoms with Gasteiger partial charge in [-0.2, -0.15) is 4.31 Å². The second-order valence-corrected chi connectivity index (χ2v) is 8.39. The molecule has 0 atom stereocenters. The fourth-order valence-corrected chi connectivity index (χ4v) is 4.22. The normalized spacial score (nSPS) is 11.7. The van der Waals surface area contributed by atoms with E-state index in [1.807, 2.05) is 60.7 Å². The van der Waals surface area contributed by atoms with Gasteiger partial charge in [0.05, 0.1) is 5.02 Å². The Kier molecular flexibility index (Phi) is 5.94. The Bertz CT molecular complexity index is 939. The first-order valence-corrected chi connectivity index (χ1v) is 10.1. The summed E-state index contributed by atoms with van der Waals surface area (Å²) in [5.74, 6) is 0. The van der Waals surface area contributed by atoms with Crippen LogP contribution in [0.25, 0.3) is 0 Å². The van der Waals surface area contributed by atoms with Crippen LogP contribution in [0.15, 0.2) is 77.8 Å². The molecule has 4 nitrogen and oxygen atoms in total. The third-order valence-electron chi connectivity index (χ3n) is 3.81. The Morgan fingerprint density at radius 2 is 1.35 bits per heavy atom. The van der Waals surface area contributed by atoms with Gasteiger partial charge < -0.3 is 0 Å². The molecule has 3 rings (SSSR count). The number of benzene rings is 2. The Labute approximate surface area is 163 Å². The van der Waals surface area contributed by atoms with Crippen LogP contribution >= 0.6 is 23.2 Å². The van der Waals surface area contributed by atoms with Crippen molar-refractivity contribution < 1.29 is 8.42 Å². The molecule has 2 aromatic carbocycles. The molecule has 26 heavy (non-hydrogen) atoms. The largest absolute Gasteiger partial charge is 0.245 e. The van der Waals surface area contributed by atoms with E-state index in [4.69, 9.17) is 23.2 Å². The predicted octanol–water partition coefficient (Wildman–Crippen LogP) is 4.78. The Balaban J connectivity index is 1.99. The number of hydrogen-bond donors (Lipinski definition) is 0. The zero-order valence-electron chi connectivity index (χ0n) is 13.7. The van der Waals surface area contributed by atoms with Crippen molar-refractivity contribution in [1.29, 1.82) is 0 Å². The van der Waals surface area contributed by atoms with E-state index >= 15 is 0 Å². The SMILES string of the molecule is O=S(=O)(c1cnc(Cl)c(Cl)c1)N(Cc1ccccc1)Cc1ccccc1. The minimum Gasteiger partial charge on any atom is -0.242 e. The van der Waals surface area contributed by atoms with Crippen LogP contribution in [-0.4, -0.2) is 17.7 Å². The van der Waals surface area contributed by atoms with Gasteiger partial charge in [0.2, 0.25) is 10.0 Å². The summed E-state index contributed by atoms with van der Waals surface area (Å²) in [6, 6.07) is 20.2. The highest BCUT2D eigenvalue weighted by atomic mass is 35.5. The number of nitrogens with zero attached hydrogens (tertiary/aromatic N) is 2. The number of hydrogen-bond acceptors (Lipinski definition) is 3. The summed E-state index contributed by atoms with van der Waals surface area (Å²) >= 11 is 11.8. The van der Waals surface area contributed by atoms with Crippen LogP contribution in [0.4, 0.5) is 0 Å². The molecule has 7 heteroatoms. The van der Waals surface area contributed by atoms with Crippen molar-refractivity contribution >= 4 is 33.2 Å². The van der Waals surface area contributed by atoms with E-state index in [9.17, 15) is 8.42 Å². The molecule has 0 unspecified atom stereocenters. The number of aromatic nitrogens is 1. The molecule has 0 bridgehead atoms. The summed E-state index contributed by atoms with van der Waals surface area (Å²) in [6.45, 7) is 0.469. The summed E-state index contributed by atoms with van der Waals surface area (Å²) < 4.78 is 27.8. The summed E-state index contributed by atoms with van der Waals surface area (Å²) in [5, 5.41) is 0.176. The van der Waals surface area contributed by atoms with Crippen LogP contribution in [0.3, 0.4) is 0 Å². The van der Waals surface area contributed by atoms with E-state index in [-0.39, 0.29) is 28.2 Å². The quantitative estimate of drug-likeness (QED) is 0.553. The van der Waals surface area contributed by atoms with Gasteiger partial charge >= 0.3 is 0 Å². The summed E-state index contributed by atoms with van der Waals surface area (Å²) in [5.41, 5.74) is 1.78. The van der Waals surface area contributed by atoms with Crippen molar-refractivity contribution in [3.8, 4) is 0 Å². The topological polar surface area (TPSA) is 50.3 Å². The molecule has 1 aromatic heterocycles. The van der Waals surface area contributed by atoms with Gasteiger partial charge in [-0.15, -0.1) is 0 Å². The number of pyridine rings is 1. The highest BCUT2D eigenvalue weighted by Crippen LogP contribution is 2.26. The van der Waals surface area contributed by atoms with Crippen molar-refractivity contribution in [2.75, 3.05) is 0 Å². The number of rotatable bonds is 6. The van der Waals surface area contributed by atoms with Crippen molar-refractivity contribution in [3.63, 3.8) is 0 Å². The van der Waals surface area contributed by atoms with E-state index < -0.39 is 10.0 Å². The first kappa shape index (κ1) is 18.9. The molecular weight excluding hydrogens is 391 g/mol. The molecule has 0 aliphatic carbocycles. The minimum absolute atomic E-state index is 0.0127. The van der Waals surface area contributed by atoms with E-state index in [0.717, 1.165) is 11.1 Å². The molecular formula is C19H16Cl2N2O2S. The maximum Gasteiger partial charge on any atom is 0.245 e. The molecule has 3 aromatic rings. The number of sulfonamides is 1. The monoisotopic (exact) mass is 406 g/mol. The molecule has 0 saturated carbocycles. The van der Waals surface area contributed by atoms with Gasteiger partial charge in [0.25, 0.3) is 0 Å². The standard InChI is InChI=1S/C19H16Cl2N2O2S/c20-18-11-17(12-22-19(18)21)26(24,25)23(13-15-7-3-1-4-8-15)14-16-9-5-2-6-10-16/h1-12H,13-14H2. The van der Waals surface area contributed by atoms with Crippen LogP contribution < -0.4 is 0 Å². The van der Waals surface area contributed by atoms with Crippen LogP contribution in [0.5, 0.6) is 0 Å². The van der Waals surface area contributed by atoms with Crippen LogP contribution in [0.1, 0.15) is 11.1 Å². The van der Waals surface area contributed by atoms with E-state index in [0.29, 0.717) is 0 Å². The van der Waals surface area contributed by atoms with Gasteiger partial charge in [0.1, 0.15) is 10.0 Å².